The molecule has 1 unspecified atom stereocenters. The van der Waals surface area contributed by atoms with Crippen molar-refractivity contribution in [3.63, 3.8) is 0 Å². The van der Waals surface area contributed by atoms with Crippen molar-refractivity contribution in [2.24, 2.45) is 5.92 Å². The summed E-state index contributed by atoms with van der Waals surface area (Å²) >= 11 is 0. The van der Waals surface area contributed by atoms with Crippen LogP contribution in [0.2, 0.25) is 0 Å². The average Bonchev–Trinajstić information content (AvgIpc) is 2.59. The summed E-state index contributed by atoms with van der Waals surface area (Å²) in [5.41, 5.74) is 4.81. The number of rotatable bonds is 7. The third-order valence-electron chi connectivity index (χ3n) is 4.29. The fourth-order valence-corrected chi connectivity index (χ4v) is 2.65. The molecule has 2 aromatic rings. The van der Waals surface area contributed by atoms with Gasteiger partial charge in [-0.2, -0.15) is 0 Å². The quantitative estimate of drug-likeness (QED) is 0.832. The molecule has 0 saturated carbocycles. The Morgan fingerprint density at radius 2 is 1.75 bits per heavy atom. The predicted molar refractivity (Wildman–Crippen MR) is 101 cm³/mol. The molecule has 24 heavy (non-hydrogen) atoms. The summed E-state index contributed by atoms with van der Waals surface area (Å²) in [6.45, 7) is 5.50. The SMILES string of the molecule is CCC(C)C(=O)NCc1ccccc1-c1ccc(CN(C)C)cc1. The maximum absolute atomic E-state index is 12.0. The zero-order valence-electron chi connectivity index (χ0n) is 15.2. The first-order valence-electron chi connectivity index (χ1n) is 8.61. The number of carbonyl (C=O) groups is 1. The molecular weight excluding hydrogens is 296 g/mol. The van der Waals surface area contributed by atoms with Crippen LogP contribution in [0.4, 0.5) is 0 Å². The number of benzene rings is 2. The van der Waals surface area contributed by atoms with Gasteiger partial charge in [-0.05, 0) is 42.8 Å². The topological polar surface area (TPSA) is 32.3 Å². The minimum absolute atomic E-state index is 0.0579. The second-order valence-electron chi connectivity index (χ2n) is 6.62. The lowest BCUT2D eigenvalue weighted by molar-refractivity contribution is -0.124. The number of amides is 1. The highest BCUT2D eigenvalue weighted by Gasteiger charge is 2.11. The Bertz CT molecular complexity index is 662. The van der Waals surface area contributed by atoms with Crippen molar-refractivity contribution >= 4 is 5.91 Å². The first-order chi connectivity index (χ1) is 11.5. The maximum atomic E-state index is 12.0. The molecule has 3 heteroatoms. The van der Waals surface area contributed by atoms with Crippen molar-refractivity contribution in [3.8, 4) is 11.1 Å². The fraction of sp³-hybridized carbons (Fsp3) is 0.381. The van der Waals surface area contributed by atoms with Crippen LogP contribution in [0.5, 0.6) is 0 Å². The molecule has 0 spiro atoms. The Morgan fingerprint density at radius 1 is 1.08 bits per heavy atom. The van der Waals surface area contributed by atoms with Gasteiger partial charge < -0.3 is 10.2 Å². The van der Waals surface area contributed by atoms with Crippen LogP contribution in [0, 0.1) is 5.92 Å². The summed E-state index contributed by atoms with van der Waals surface area (Å²) in [4.78, 5) is 14.2. The smallest absolute Gasteiger partial charge is 0.223 e. The van der Waals surface area contributed by atoms with Crippen LogP contribution in [0.1, 0.15) is 31.4 Å². The lowest BCUT2D eigenvalue weighted by atomic mass is 9.98. The van der Waals surface area contributed by atoms with E-state index in [0.29, 0.717) is 6.54 Å². The van der Waals surface area contributed by atoms with Gasteiger partial charge in [0.1, 0.15) is 0 Å². The van der Waals surface area contributed by atoms with E-state index in [0.717, 1.165) is 18.5 Å². The molecule has 128 valence electrons. The summed E-state index contributed by atoms with van der Waals surface area (Å²) < 4.78 is 0. The predicted octanol–water partition coefficient (Wildman–Crippen LogP) is 4.08. The Kier molecular flexibility index (Phi) is 6.56. The van der Waals surface area contributed by atoms with Gasteiger partial charge in [-0.3, -0.25) is 4.79 Å². The Hall–Kier alpha value is -2.13. The van der Waals surface area contributed by atoms with Crippen LogP contribution < -0.4 is 5.32 Å². The van der Waals surface area contributed by atoms with Crippen LogP contribution in [0.15, 0.2) is 48.5 Å². The van der Waals surface area contributed by atoms with Gasteiger partial charge in [0.25, 0.3) is 0 Å². The minimum atomic E-state index is 0.0579. The summed E-state index contributed by atoms with van der Waals surface area (Å²) in [7, 11) is 4.15. The van der Waals surface area contributed by atoms with E-state index in [1.54, 1.807) is 0 Å². The van der Waals surface area contributed by atoms with Crippen molar-refractivity contribution in [2.45, 2.75) is 33.4 Å². The molecular formula is C21H28N2O. The van der Waals surface area contributed by atoms with Gasteiger partial charge in [-0.1, -0.05) is 62.4 Å². The normalized spacial score (nSPS) is 12.2. The highest BCUT2D eigenvalue weighted by molar-refractivity contribution is 5.78. The highest BCUT2D eigenvalue weighted by atomic mass is 16.1. The van der Waals surface area contributed by atoms with Crippen molar-refractivity contribution in [1.82, 2.24) is 10.2 Å². The van der Waals surface area contributed by atoms with E-state index in [2.05, 4.69) is 60.7 Å². The molecule has 0 aliphatic carbocycles. The van der Waals surface area contributed by atoms with Crippen molar-refractivity contribution < 1.29 is 4.79 Å². The van der Waals surface area contributed by atoms with Crippen LogP contribution in [-0.4, -0.2) is 24.9 Å². The maximum Gasteiger partial charge on any atom is 0.223 e. The summed E-state index contributed by atoms with van der Waals surface area (Å²) in [6, 6.07) is 16.9. The van der Waals surface area contributed by atoms with Gasteiger partial charge in [-0.25, -0.2) is 0 Å². The highest BCUT2D eigenvalue weighted by Crippen LogP contribution is 2.24. The average molecular weight is 324 g/mol. The van der Waals surface area contributed by atoms with Gasteiger partial charge in [-0.15, -0.1) is 0 Å². The molecule has 2 rings (SSSR count). The standard InChI is InChI=1S/C21H28N2O/c1-5-16(2)21(24)22-14-19-8-6-7-9-20(19)18-12-10-17(11-13-18)15-23(3)4/h6-13,16H,5,14-15H2,1-4H3,(H,22,24). The van der Waals surface area contributed by atoms with Crippen LogP contribution in [0.25, 0.3) is 11.1 Å². The van der Waals surface area contributed by atoms with Gasteiger partial charge in [0.15, 0.2) is 0 Å². The molecule has 1 atom stereocenters. The lowest BCUT2D eigenvalue weighted by Gasteiger charge is -2.14. The molecule has 0 bridgehead atoms. The molecule has 1 amide bonds. The number of carbonyl (C=O) groups excluding carboxylic acids is 1. The number of nitrogens with one attached hydrogen (secondary N) is 1. The molecule has 3 nitrogen and oxygen atoms in total. The van der Waals surface area contributed by atoms with E-state index in [-0.39, 0.29) is 11.8 Å². The number of nitrogens with zero attached hydrogens (tertiary/aromatic N) is 1. The third kappa shape index (κ3) is 4.93. The first-order valence-corrected chi connectivity index (χ1v) is 8.61. The van der Waals surface area contributed by atoms with E-state index in [1.807, 2.05) is 26.0 Å². The summed E-state index contributed by atoms with van der Waals surface area (Å²) in [5, 5.41) is 3.05. The Balaban J connectivity index is 2.15. The van der Waals surface area contributed by atoms with E-state index in [9.17, 15) is 4.79 Å². The van der Waals surface area contributed by atoms with E-state index in [4.69, 9.17) is 0 Å². The monoisotopic (exact) mass is 324 g/mol. The van der Waals surface area contributed by atoms with E-state index < -0.39 is 0 Å². The molecule has 0 heterocycles. The zero-order valence-corrected chi connectivity index (χ0v) is 15.2. The van der Waals surface area contributed by atoms with Crippen LogP contribution in [-0.2, 0) is 17.9 Å². The van der Waals surface area contributed by atoms with E-state index in [1.165, 1.54) is 16.7 Å². The van der Waals surface area contributed by atoms with Gasteiger partial charge in [0.2, 0.25) is 5.91 Å². The molecule has 0 aliphatic heterocycles. The zero-order chi connectivity index (χ0) is 17.5. The Labute approximate surface area is 145 Å². The van der Waals surface area contributed by atoms with Gasteiger partial charge in [0.05, 0.1) is 0 Å². The van der Waals surface area contributed by atoms with E-state index >= 15 is 0 Å². The molecule has 0 saturated heterocycles. The largest absolute Gasteiger partial charge is 0.352 e. The molecule has 0 aliphatic rings. The molecule has 1 N–H and O–H groups in total. The molecule has 2 aromatic carbocycles. The summed E-state index contributed by atoms with van der Waals surface area (Å²) in [5.74, 6) is 0.177. The second kappa shape index (κ2) is 8.65. The lowest BCUT2D eigenvalue weighted by Crippen LogP contribution is -2.28. The van der Waals surface area contributed by atoms with Crippen LogP contribution in [0.3, 0.4) is 0 Å². The van der Waals surface area contributed by atoms with Crippen molar-refractivity contribution in [2.75, 3.05) is 14.1 Å². The molecule has 0 aromatic heterocycles. The second-order valence-corrected chi connectivity index (χ2v) is 6.62. The van der Waals surface area contributed by atoms with Crippen molar-refractivity contribution in [3.05, 3.63) is 59.7 Å². The van der Waals surface area contributed by atoms with Crippen molar-refractivity contribution in [1.29, 1.82) is 0 Å². The number of hydrogen-bond donors (Lipinski definition) is 1. The molecule has 0 radical (unpaired) electrons. The van der Waals surface area contributed by atoms with Crippen LogP contribution >= 0.6 is 0 Å². The van der Waals surface area contributed by atoms with Gasteiger partial charge >= 0.3 is 0 Å². The first kappa shape index (κ1) is 18.2. The van der Waals surface area contributed by atoms with Gasteiger partial charge in [0, 0.05) is 19.0 Å². The molecule has 0 fully saturated rings. The summed E-state index contributed by atoms with van der Waals surface area (Å²) in [6.07, 6.45) is 0.862. The minimum Gasteiger partial charge on any atom is -0.352 e. The number of hydrogen-bond acceptors (Lipinski definition) is 2. The third-order valence-corrected chi connectivity index (χ3v) is 4.29. The Morgan fingerprint density at radius 3 is 2.38 bits per heavy atom. The fourth-order valence-electron chi connectivity index (χ4n) is 2.65.